The van der Waals surface area contributed by atoms with Crippen LogP contribution in [-0.2, 0) is 0 Å². The third-order valence-corrected chi connectivity index (χ3v) is 5.66. The predicted octanol–water partition coefficient (Wildman–Crippen LogP) is 13.7. The maximum Gasteiger partial charge on any atom is 0.0379 e. The zero-order valence-electron chi connectivity index (χ0n) is 32.6. The molecule has 0 aromatic heterocycles. The van der Waals surface area contributed by atoms with E-state index < -0.39 is 0 Å². The predicted molar refractivity (Wildman–Crippen MR) is 236 cm³/mol. The van der Waals surface area contributed by atoms with Crippen molar-refractivity contribution in [2.24, 2.45) is 5.73 Å². The molecule has 0 aliphatic carbocycles. The summed E-state index contributed by atoms with van der Waals surface area (Å²) < 4.78 is 0. The molecular formula is C48H66N2O. The van der Waals surface area contributed by atoms with Gasteiger partial charge in [-0.25, -0.2) is 0 Å². The molecule has 0 amide bonds. The minimum Gasteiger partial charge on any atom is -0.412 e. The van der Waals surface area contributed by atoms with E-state index in [1.807, 2.05) is 171 Å². The quantitative estimate of drug-likeness (QED) is 0.186. The van der Waals surface area contributed by atoms with Crippen LogP contribution in [0.1, 0.15) is 66.5 Å². The Hall–Kier alpha value is -5.64. The van der Waals surface area contributed by atoms with Crippen LogP contribution < -0.4 is 11.1 Å². The molecule has 3 nitrogen and oxygen atoms in total. The largest absolute Gasteiger partial charge is 0.412 e. The molecule has 0 bridgehead atoms. The summed E-state index contributed by atoms with van der Waals surface area (Å²) in [6, 6.07) is 30.6. The highest BCUT2D eigenvalue weighted by molar-refractivity contribution is 5.79. The molecule has 0 aliphatic rings. The highest BCUT2D eigenvalue weighted by atomic mass is 16.0. The van der Waals surface area contributed by atoms with Gasteiger partial charge in [-0.15, -0.1) is 0 Å². The van der Waals surface area contributed by atoms with Crippen molar-refractivity contribution in [3.8, 4) is 0 Å². The fraction of sp³-hybridized carbons (Fsp3) is 0.167. The summed E-state index contributed by atoms with van der Waals surface area (Å²) in [7, 11) is 0. The van der Waals surface area contributed by atoms with E-state index in [4.69, 9.17) is 5.73 Å². The Labute approximate surface area is 312 Å². The lowest BCUT2D eigenvalue weighted by molar-refractivity contribution is 0.824. The first-order valence-corrected chi connectivity index (χ1v) is 17.5. The van der Waals surface area contributed by atoms with E-state index in [9.17, 15) is 0 Å². The second kappa shape index (κ2) is 42.4. The minimum absolute atomic E-state index is 0. The van der Waals surface area contributed by atoms with Crippen LogP contribution in [0.2, 0.25) is 0 Å². The molecule has 3 heteroatoms. The van der Waals surface area contributed by atoms with Gasteiger partial charge in [-0.3, -0.25) is 0 Å². The lowest BCUT2D eigenvalue weighted by Gasteiger charge is -2.07. The van der Waals surface area contributed by atoms with Gasteiger partial charge in [0.15, 0.2) is 0 Å². The second-order valence-corrected chi connectivity index (χ2v) is 8.94. The monoisotopic (exact) mass is 687 g/mol. The fourth-order valence-electron chi connectivity index (χ4n) is 3.41. The molecule has 0 spiro atoms. The van der Waals surface area contributed by atoms with E-state index in [1.54, 1.807) is 30.4 Å². The molecule has 3 aromatic carbocycles. The standard InChI is InChI=1S/C29H29N.C7H11N.C6H6.3C2H6.H2O/c1-4-7-10-15-26(16-11-8-5-2)28-21-19-27(20-22-28)25(14-6-3)23-24-30-29-17-12-9-13-18-29;1-3-5-6-7(8)4-2;1-2-4-6-5-3-1;3*1-2;/h4-24,30H,1,3H2,2H3;3-6H,1,8H2,2H3;1-6H;3*1-2H3;1H2/b8-5+,10-7+,16-11-,24-23-,25-14+,26-15+;6-5-,7-4+;;;;;. The van der Waals surface area contributed by atoms with E-state index in [0.717, 1.165) is 33.7 Å². The number of hydrogen-bond donors (Lipinski definition) is 2. The molecule has 0 fully saturated rings. The molecular weight excluding hydrogens is 621 g/mol. The lowest BCUT2D eigenvalue weighted by atomic mass is 9.99. The fourth-order valence-corrected chi connectivity index (χ4v) is 3.41. The number of nitrogens with two attached hydrogens (primary N) is 1. The van der Waals surface area contributed by atoms with Crippen LogP contribution in [0.3, 0.4) is 0 Å². The average Bonchev–Trinajstić information content (AvgIpc) is 3.20. The number of para-hydroxylation sites is 1. The molecule has 3 rings (SSSR count). The third-order valence-electron chi connectivity index (χ3n) is 5.66. The number of rotatable bonds is 12. The Morgan fingerprint density at radius 3 is 1.43 bits per heavy atom. The zero-order valence-corrected chi connectivity index (χ0v) is 32.6. The average molecular weight is 687 g/mol. The van der Waals surface area contributed by atoms with E-state index in [1.165, 1.54) is 0 Å². The summed E-state index contributed by atoms with van der Waals surface area (Å²) in [5, 5.41) is 3.29. The van der Waals surface area contributed by atoms with Gasteiger partial charge in [0.25, 0.3) is 0 Å². The first-order valence-electron chi connectivity index (χ1n) is 17.5. The van der Waals surface area contributed by atoms with Gasteiger partial charge in [0.1, 0.15) is 0 Å². The Balaban J connectivity index is -0.000000431. The smallest absolute Gasteiger partial charge is 0.0379 e. The third kappa shape index (κ3) is 30.2. The van der Waals surface area contributed by atoms with Gasteiger partial charge in [-0.2, -0.15) is 0 Å². The molecule has 51 heavy (non-hydrogen) atoms. The molecule has 3 aromatic rings. The highest BCUT2D eigenvalue weighted by Gasteiger charge is 2.01. The summed E-state index contributed by atoms with van der Waals surface area (Å²) in [5.41, 5.74) is 11.7. The molecule has 0 saturated carbocycles. The van der Waals surface area contributed by atoms with E-state index in [0.29, 0.717) is 0 Å². The van der Waals surface area contributed by atoms with Gasteiger partial charge in [-0.05, 0) is 60.4 Å². The van der Waals surface area contributed by atoms with Crippen molar-refractivity contribution in [1.29, 1.82) is 0 Å². The summed E-state index contributed by atoms with van der Waals surface area (Å²) >= 11 is 0. The maximum atomic E-state index is 5.39. The number of anilines is 1. The summed E-state index contributed by atoms with van der Waals surface area (Å²) in [6.45, 7) is 27.0. The molecule has 0 radical (unpaired) electrons. The summed E-state index contributed by atoms with van der Waals surface area (Å²) in [6.07, 6.45) is 30.9. The van der Waals surface area contributed by atoms with Crippen LogP contribution in [-0.4, -0.2) is 5.48 Å². The highest BCUT2D eigenvalue weighted by Crippen LogP contribution is 2.22. The van der Waals surface area contributed by atoms with Crippen molar-refractivity contribution in [2.75, 3.05) is 5.32 Å². The molecule has 0 aliphatic heterocycles. The summed E-state index contributed by atoms with van der Waals surface area (Å²) in [4.78, 5) is 0. The van der Waals surface area contributed by atoms with Crippen molar-refractivity contribution >= 4 is 16.8 Å². The summed E-state index contributed by atoms with van der Waals surface area (Å²) in [5.74, 6) is 0. The van der Waals surface area contributed by atoms with E-state index >= 15 is 0 Å². The van der Waals surface area contributed by atoms with Crippen LogP contribution in [0.25, 0.3) is 11.1 Å². The number of nitrogens with one attached hydrogen (secondary N) is 1. The molecule has 0 unspecified atom stereocenters. The van der Waals surface area contributed by atoms with Crippen molar-refractivity contribution in [3.63, 3.8) is 0 Å². The van der Waals surface area contributed by atoms with Crippen LogP contribution in [0, 0.1) is 0 Å². The van der Waals surface area contributed by atoms with Crippen LogP contribution in [0.15, 0.2) is 214 Å². The Kier molecular flexibility index (Phi) is 43.4. The maximum absolute atomic E-state index is 5.39. The Morgan fingerprint density at radius 2 is 1.00 bits per heavy atom. The lowest BCUT2D eigenvalue weighted by Crippen LogP contribution is -1.89. The SMILES string of the molecule is C=C/C=C/C=C(\C=C/C=C/C)c1ccc(C(/C=C\Nc2ccccc2)=C/C=C)cc1.C=C/C=C\C(N)=C/C.CC.CC.CC.O.c1ccccc1. The number of allylic oxidation sites excluding steroid dienone is 17. The van der Waals surface area contributed by atoms with E-state index in [2.05, 4.69) is 67.5 Å². The van der Waals surface area contributed by atoms with Crippen LogP contribution in [0.5, 0.6) is 0 Å². The van der Waals surface area contributed by atoms with Gasteiger partial charge >= 0.3 is 0 Å². The van der Waals surface area contributed by atoms with Crippen molar-refractivity contribution < 1.29 is 5.48 Å². The normalized spacial score (nSPS) is 10.9. The van der Waals surface area contributed by atoms with Crippen molar-refractivity contribution in [2.45, 2.75) is 55.4 Å². The van der Waals surface area contributed by atoms with Crippen molar-refractivity contribution in [3.05, 3.63) is 225 Å². The van der Waals surface area contributed by atoms with Crippen LogP contribution in [0.4, 0.5) is 5.69 Å². The minimum atomic E-state index is 0. The van der Waals surface area contributed by atoms with Gasteiger partial charge in [0.05, 0.1) is 0 Å². The molecule has 0 heterocycles. The van der Waals surface area contributed by atoms with Crippen molar-refractivity contribution in [1.82, 2.24) is 0 Å². The van der Waals surface area contributed by atoms with Gasteiger partial charge in [0.2, 0.25) is 0 Å². The second-order valence-electron chi connectivity index (χ2n) is 8.94. The van der Waals surface area contributed by atoms with Gasteiger partial charge < -0.3 is 16.5 Å². The van der Waals surface area contributed by atoms with Crippen LogP contribution >= 0.6 is 0 Å². The molecule has 0 saturated heterocycles. The van der Waals surface area contributed by atoms with Gasteiger partial charge in [0, 0.05) is 17.6 Å². The Bertz CT molecular complexity index is 1440. The molecule has 0 atom stereocenters. The topological polar surface area (TPSA) is 69.5 Å². The number of benzene rings is 3. The number of hydrogen-bond acceptors (Lipinski definition) is 2. The molecule has 274 valence electrons. The molecule has 5 N–H and O–H groups in total. The Morgan fingerprint density at radius 1 is 0.529 bits per heavy atom. The van der Waals surface area contributed by atoms with E-state index in [-0.39, 0.29) is 5.48 Å². The van der Waals surface area contributed by atoms with Gasteiger partial charge in [-0.1, -0.05) is 219 Å². The first kappa shape index (κ1) is 52.2. The zero-order chi connectivity index (χ0) is 38.1. The first-order chi connectivity index (χ1) is 24.6.